The molecule has 0 unspecified atom stereocenters. The molecule has 3 rings (SSSR count). The molecule has 30 heavy (non-hydrogen) atoms. The highest BCUT2D eigenvalue weighted by Crippen LogP contribution is 2.31. The molecule has 1 heterocycles. The molecular formula is C22H25N3O5. The van der Waals surface area contributed by atoms with Gasteiger partial charge in [-0.15, -0.1) is 0 Å². The summed E-state index contributed by atoms with van der Waals surface area (Å²) < 4.78 is 21.7. The monoisotopic (exact) mass is 411 g/mol. The van der Waals surface area contributed by atoms with Crippen molar-refractivity contribution in [1.82, 2.24) is 15.0 Å². The smallest absolute Gasteiger partial charge is 0.263 e. The number of para-hydroxylation sites is 1. The summed E-state index contributed by atoms with van der Waals surface area (Å²) in [7, 11) is 4.80. The van der Waals surface area contributed by atoms with Crippen LogP contribution in [0.4, 0.5) is 0 Å². The van der Waals surface area contributed by atoms with Crippen LogP contribution in [0, 0.1) is 6.92 Å². The van der Waals surface area contributed by atoms with Crippen LogP contribution < -0.4 is 14.2 Å². The fraction of sp³-hybridized carbons (Fsp3) is 0.318. The number of ether oxygens (including phenoxy) is 3. The second-order valence-electron chi connectivity index (χ2n) is 6.80. The molecule has 3 aromatic rings. The molecule has 158 valence electrons. The molecule has 0 aliphatic rings. The summed E-state index contributed by atoms with van der Waals surface area (Å²) in [5, 5.41) is 4.01. The van der Waals surface area contributed by atoms with E-state index in [0.29, 0.717) is 34.5 Å². The Morgan fingerprint density at radius 3 is 2.60 bits per heavy atom. The van der Waals surface area contributed by atoms with Gasteiger partial charge in [-0.05, 0) is 37.6 Å². The van der Waals surface area contributed by atoms with Crippen LogP contribution in [0.25, 0.3) is 11.4 Å². The molecule has 0 aliphatic carbocycles. The van der Waals surface area contributed by atoms with E-state index < -0.39 is 6.10 Å². The summed E-state index contributed by atoms with van der Waals surface area (Å²) in [6, 6.07) is 12.9. The molecule has 0 fully saturated rings. The maximum absolute atomic E-state index is 12.7. The first kappa shape index (κ1) is 21.2. The number of carbonyl (C=O) groups is 1. The minimum absolute atomic E-state index is 0.159. The minimum atomic E-state index is -0.653. The van der Waals surface area contributed by atoms with Gasteiger partial charge in [0.25, 0.3) is 5.91 Å². The SMILES string of the molecule is COc1ccc(-c2noc(CN(C)C(=O)[C@H](C)Oc3ccccc3C)n2)c(OC)c1. The molecule has 1 atom stereocenters. The Balaban J connectivity index is 1.68. The van der Waals surface area contributed by atoms with E-state index in [4.69, 9.17) is 18.7 Å². The van der Waals surface area contributed by atoms with E-state index in [1.54, 1.807) is 46.4 Å². The first-order chi connectivity index (χ1) is 14.4. The molecule has 0 spiro atoms. The number of hydrogen-bond acceptors (Lipinski definition) is 7. The van der Waals surface area contributed by atoms with Crippen LogP contribution in [0.15, 0.2) is 47.0 Å². The highest BCUT2D eigenvalue weighted by molar-refractivity contribution is 5.80. The topological polar surface area (TPSA) is 86.9 Å². The van der Waals surface area contributed by atoms with Gasteiger partial charge in [-0.2, -0.15) is 4.98 Å². The Bertz CT molecular complexity index is 1020. The van der Waals surface area contributed by atoms with Crippen LogP contribution in [-0.4, -0.2) is 48.3 Å². The molecule has 1 aromatic heterocycles. The van der Waals surface area contributed by atoms with Gasteiger partial charge in [-0.25, -0.2) is 0 Å². The number of aromatic nitrogens is 2. The zero-order chi connectivity index (χ0) is 21.7. The Hall–Kier alpha value is -3.55. The maximum atomic E-state index is 12.7. The molecule has 0 radical (unpaired) electrons. The zero-order valence-electron chi connectivity index (χ0n) is 17.7. The normalized spacial score (nSPS) is 11.6. The fourth-order valence-corrected chi connectivity index (χ4v) is 2.93. The molecule has 0 saturated carbocycles. The summed E-state index contributed by atoms with van der Waals surface area (Å²) in [5.74, 6) is 2.38. The van der Waals surface area contributed by atoms with Crippen molar-refractivity contribution in [3.63, 3.8) is 0 Å². The fourth-order valence-electron chi connectivity index (χ4n) is 2.93. The molecule has 1 amide bonds. The molecule has 0 aliphatic heterocycles. The van der Waals surface area contributed by atoms with Crippen molar-refractivity contribution in [2.75, 3.05) is 21.3 Å². The van der Waals surface area contributed by atoms with Crippen molar-refractivity contribution in [3.8, 4) is 28.6 Å². The lowest BCUT2D eigenvalue weighted by Gasteiger charge is -2.21. The third kappa shape index (κ3) is 4.71. The van der Waals surface area contributed by atoms with Crippen LogP contribution in [0.1, 0.15) is 18.4 Å². The van der Waals surface area contributed by atoms with E-state index in [-0.39, 0.29) is 12.5 Å². The van der Waals surface area contributed by atoms with E-state index in [0.717, 1.165) is 5.56 Å². The summed E-state index contributed by atoms with van der Waals surface area (Å²) in [6.07, 6.45) is -0.653. The first-order valence-electron chi connectivity index (χ1n) is 9.45. The van der Waals surface area contributed by atoms with Crippen LogP contribution in [-0.2, 0) is 11.3 Å². The number of benzene rings is 2. The number of carbonyl (C=O) groups excluding carboxylic acids is 1. The Morgan fingerprint density at radius 2 is 1.90 bits per heavy atom. The number of rotatable bonds is 8. The average Bonchev–Trinajstić information content (AvgIpc) is 3.22. The van der Waals surface area contributed by atoms with Gasteiger partial charge in [0, 0.05) is 13.1 Å². The van der Waals surface area contributed by atoms with E-state index in [9.17, 15) is 4.79 Å². The van der Waals surface area contributed by atoms with E-state index in [2.05, 4.69) is 10.1 Å². The van der Waals surface area contributed by atoms with Gasteiger partial charge in [0.05, 0.1) is 26.3 Å². The van der Waals surface area contributed by atoms with Crippen LogP contribution in [0.5, 0.6) is 17.2 Å². The van der Waals surface area contributed by atoms with Crippen molar-refractivity contribution in [2.24, 2.45) is 0 Å². The minimum Gasteiger partial charge on any atom is -0.497 e. The van der Waals surface area contributed by atoms with Gasteiger partial charge in [-0.3, -0.25) is 4.79 Å². The summed E-state index contributed by atoms with van der Waals surface area (Å²) in [5.41, 5.74) is 1.63. The molecule has 8 heteroatoms. The van der Waals surface area contributed by atoms with Gasteiger partial charge >= 0.3 is 0 Å². The second-order valence-corrected chi connectivity index (χ2v) is 6.80. The lowest BCUT2D eigenvalue weighted by Crippen LogP contribution is -2.37. The van der Waals surface area contributed by atoms with Crippen LogP contribution >= 0.6 is 0 Å². The summed E-state index contributed by atoms with van der Waals surface area (Å²) in [4.78, 5) is 18.6. The van der Waals surface area contributed by atoms with Crippen molar-refractivity contribution < 1.29 is 23.5 Å². The van der Waals surface area contributed by atoms with Crippen molar-refractivity contribution in [3.05, 3.63) is 53.9 Å². The maximum Gasteiger partial charge on any atom is 0.263 e. The van der Waals surface area contributed by atoms with Crippen LogP contribution in [0.2, 0.25) is 0 Å². The molecule has 2 aromatic carbocycles. The van der Waals surface area contributed by atoms with Crippen molar-refractivity contribution >= 4 is 5.91 Å². The molecule has 0 N–H and O–H groups in total. The summed E-state index contributed by atoms with van der Waals surface area (Å²) in [6.45, 7) is 3.81. The third-order valence-corrected chi connectivity index (χ3v) is 4.61. The standard InChI is InChI=1S/C22H25N3O5/c1-14-8-6-7-9-18(14)29-15(2)22(26)25(3)13-20-23-21(24-30-20)17-11-10-16(27-4)12-19(17)28-5/h6-12,15H,13H2,1-5H3/t15-/m0/s1. The quantitative estimate of drug-likeness (QED) is 0.561. The first-order valence-corrected chi connectivity index (χ1v) is 9.45. The van der Waals surface area contributed by atoms with Crippen molar-refractivity contribution in [2.45, 2.75) is 26.5 Å². The predicted molar refractivity (Wildman–Crippen MR) is 111 cm³/mol. The lowest BCUT2D eigenvalue weighted by molar-refractivity contribution is -0.137. The third-order valence-electron chi connectivity index (χ3n) is 4.61. The molecular weight excluding hydrogens is 386 g/mol. The van der Waals surface area contributed by atoms with E-state index in [1.165, 1.54) is 4.90 Å². The van der Waals surface area contributed by atoms with Gasteiger partial charge in [0.15, 0.2) is 6.10 Å². The highest BCUT2D eigenvalue weighted by Gasteiger charge is 2.22. The van der Waals surface area contributed by atoms with Gasteiger partial charge in [-0.1, -0.05) is 23.4 Å². The highest BCUT2D eigenvalue weighted by atomic mass is 16.5. The average molecular weight is 411 g/mol. The molecule has 8 nitrogen and oxygen atoms in total. The van der Waals surface area contributed by atoms with Gasteiger partial charge < -0.3 is 23.6 Å². The summed E-state index contributed by atoms with van der Waals surface area (Å²) >= 11 is 0. The number of methoxy groups -OCH3 is 2. The van der Waals surface area contributed by atoms with E-state index >= 15 is 0 Å². The zero-order valence-corrected chi connectivity index (χ0v) is 17.7. The Labute approximate surface area is 175 Å². The number of nitrogens with zero attached hydrogens (tertiary/aromatic N) is 3. The van der Waals surface area contributed by atoms with Crippen LogP contribution in [0.3, 0.4) is 0 Å². The predicted octanol–water partition coefficient (Wildman–Crippen LogP) is 3.49. The molecule has 0 bridgehead atoms. The second kappa shape index (κ2) is 9.30. The van der Waals surface area contributed by atoms with E-state index in [1.807, 2.05) is 31.2 Å². The van der Waals surface area contributed by atoms with Gasteiger partial charge in [0.2, 0.25) is 11.7 Å². The van der Waals surface area contributed by atoms with Crippen molar-refractivity contribution in [1.29, 1.82) is 0 Å². The number of hydrogen-bond donors (Lipinski definition) is 0. The lowest BCUT2D eigenvalue weighted by atomic mass is 10.2. The van der Waals surface area contributed by atoms with Gasteiger partial charge in [0.1, 0.15) is 17.2 Å². The number of likely N-dealkylation sites (N-methyl/N-ethyl adjacent to an activating group) is 1. The number of aryl methyl sites for hydroxylation is 1. The number of amides is 1. The molecule has 0 saturated heterocycles. The Morgan fingerprint density at radius 1 is 1.13 bits per heavy atom. The largest absolute Gasteiger partial charge is 0.497 e. The Kier molecular flexibility index (Phi) is 6.56.